The smallest absolute Gasteiger partial charge is 0.124 e. The van der Waals surface area contributed by atoms with Crippen LogP contribution in [-0.2, 0) is 6.54 Å². The molecule has 0 amide bonds. The maximum atomic E-state index is 9.14. The van der Waals surface area contributed by atoms with Crippen LogP contribution in [0.4, 0.5) is 0 Å². The minimum absolute atomic E-state index is 0. The van der Waals surface area contributed by atoms with Crippen LogP contribution in [0.5, 0.6) is 5.75 Å². The number of aryl methyl sites for hydroxylation is 2. The van der Waals surface area contributed by atoms with E-state index in [-0.39, 0.29) is 18.5 Å². The van der Waals surface area contributed by atoms with Gasteiger partial charge in [0.15, 0.2) is 0 Å². The van der Waals surface area contributed by atoms with Crippen LogP contribution in [-0.4, -0.2) is 24.9 Å². The van der Waals surface area contributed by atoms with Gasteiger partial charge >= 0.3 is 0 Å². The molecule has 0 bridgehead atoms. The number of benzene rings is 1. The van der Waals surface area contributed by atoms with Gasteiger partial charge < -0.3 is 15.2 Å². The van der Waals surface area contributed by atoms with E-state index in [4.69, 9.17) is 9.84 Å². The number of rotatable bonds is 5. The van der Waals surface area contributed by atoms with Crippen LogP contribution >= 0.6 is 12.4 Å². The summed E-state index contributed by atoms with van der Waals surface area (Å²) >= 11 is 0. The van der Waals surface area contributed by atoms with E-state index in [2.05, 4.69) is 17.4 Å². The van der Waals surface area contributed by atoms with Gasteiger partial charge in [-0.2, -0.15) is 0 Å². The van der Waals surface area contributed by atoms with E-state index in [1.807, 2.05) is 13.8 Å². The Labute approximate surface area is 110 Å². The number of aliphatic hydroxyl groups is 1. The van der Waals surface area contributed by atoms with Crippen LogP contribution in [0.1, 0.15) is 23.6 Å². The standard InChI is InChI=1S/C13H21NO2.ClH/c1-9-5-12(8-14-7-11(3)15)6-10(2)13(9)16-4;/h5-6,11,14-15H,7-8H2,1-4H3;1H. The minimum atomic E-state index is -0.305. The molecule has 17 heavy (non-hydrogen) atoms. The van der Waals surface area contributed by atoms with Crippen molar-refractivity contribution < 1.29 is 9.84 Å². The normalized spacial score (nSPS) is 11.8. The molecule has 0 fully saturated rings. The molecule has 0 saturated heterocycles. The summed E-state index contributed by atoms with van der Waals surface area (Å²) in [5.41, 5.74) is 3.52. The largest absolute Gasteiger partial charge is 0.496 e. The molecule has 1 aromatic carbocycles. The lowest BCUT2D eigenvalue weighted by Gasteiger charge is -2.12. The molecule has 0 aliphatic heterocycles. The number of halogens is 1. The topological polar surface area (TPSA) is 41.5 Å². The lowest BCUT2D eigenvalue weighted by atomic mass is 10.1. The zero-order valence-electron chi connectivity index (χ0n) is 10.9. The molecule has 3 nitrogen and oxygen atoms in total. The third kappa shape index (κ3) is 4.94. The lowest BCUT2D eigenvalue weighted by Crippen LogP contribution is -2.23. The average molecular weight is 260 g/mol. The van der Waals surface area contributed by atoms with Gasteiger partial charge in [0.1, 0.15) is 5.75 Å². The van der Waals surface area contributed by atoms with E-state index in [1.165, 1.54) is 5.56 Å². The molecule has 0 aliphatic rings. The highest BCUT2D eigenvalue weighted by Gasteiger charge is 2.05. The lowest BCUT2D eigenvalue weighted by molar-refractivity contribution is 0.191. The second kappa shape index (κ2) is 7.54. The summed E-state index contributed by atoms with van der Waals surface area (Å²) in [6, 6.07) is 4.22. The van der Waals surface area contributed by atoms with Crippen molar-refractivity contribution >= 4 is 12.4 Å². The van der Waals surface area contributed by atoms with Crippen molar-refractivity contribution in [2.45, 2.75) is 33.4 Å². The first-order valence-electron chi connectivity index (χ1n) is 5.57. The molecule has 0 radical (unpaired) electrons. The molecule has 4 heteroatoms. The van der Waals surface area contributed by atoms with Gasteiger partial charge in [-0.15, -0.1) is 12.4 Å². The third-order valence-electron chi connectivity index (χ3n) is 2.49. The van der Waals surface area contributed by atoms with Crippen molar-refractivity contribution in [2.24, 2.45) is 0 Å². The second-order valence-corrected chi connectivity index (χ2v) is 4.24. The Morgan fingerprint density at radius 1 is 1.29 bits per heavy atom. The first-order chi connectivity index (χ1) is 7.54. The molecular weight excluding hydrogens is 238 g/mol. The number of hydrogen-bond acceptors (Lipinski definition) is 3. The Hall–Kier alpha value is -0.770. The summed E-state index contributed by atoms with van der Waals surface area (Å²) in [5.74, 6) is 0.958. The molecule has 1 aromatic rings. The van der Waals surface area contributed by atoms with Gasteiger partial charge in [-0.3, -0.25) is 0 Å². The highest BCUT2D eigenvalue weighted by atomic mass is 35.5. The first-order valence-corrected chi connectivity index (χ1v) is 5.57. The molecule has 98 valence electrons. The average Bonchev–Trinajstić information content (AvgIpc) is 2.16. The molecule has 0 heterocycles. The van der Waals surface area contributed by atoms with Gasteiger partial charge in [0.2, 0.25) is 0 Å². The van der Waals surface area contributed by atoms with Crippen LogP contribution < -0.4 is 10.1 Å². The summed E-state index contributed by atoms with van der Waals surface area (Å²) in [6.07, 6.45) is -0.305. The molecular formula is C13H22ClNO2. The number of aliphatic hydroxyl groups excluding tert-OH is 1. The number of hydrogen-bond donors (Lipinski definition) is 2. The Morgan fingerprint density at radius 3 is 2.24 bits per heavy atom. The van der Waals surface area contributed by atoms with Crippen molar-refractivity contribution in [2.75, 3.05) is 13.7 Å². The van der Waals surface area contributed by atoms with E-state index in [9.17, 15) is 0 Å². The second-order valence-electron chi connectivity index (χ2n) is 4.24. The summed E-state index contributed by atoms with van der Waals surface area (Å²) in [4.78, 5) is 0. The third-order valence-corrected chi connectivity index (χ3v) is 2.49. The molecule has 0 aromatic heterocycles. The molecule has 0 aliphatic carbocycles. The summed E-state index contributed by atoms with van der Waals surface area (Å²) < 4.78 is 5.31. The van der Waals surface area contributed by atoms with E-state index < -0.39 is 0 Å². The predicted molar refractivity (Wildman–Crippen MR) is 73.1 cm³/mol. The SMILES string of the molecule is COc1c(C)cc(CNCC(C)O)cc1C.Cl. The van der Waals surface area contributed by atoms with Crippen LogP contribution in [0.25, 0.3) is 0 Å². The maximum absolute atomic E-state index is 9.14. The minimum Gasteiger partial charge on any atom is -0.496 e. The van der Waals surface area contributed by atoms with Gasteiger partial charge in [-0.05, 0) is 37.5 Å². The fourth-order valence-corrected chi connectivity index (χ4v) is 1.89. The number of ether oxygens (including phenoxy) is 1. The van der Waals surface area contributed by atoms with Crippen LogP contribution in [0.15, 0.2) is 12.1 Å². The molecule has 1 rings (SSSR count). The van der Waals surface area contributed by atoms with Gasteiger partial charge in [0.25, 0.3) is 0 Å². The van der Waals surface area contributed by atoms with Gasteiger partial charge in [-0.1, -0.05) is 12.1 Å². The highest BCUT2D eigenvalue weighted by molar-refractivity contribution is 5.85. The fraction of sp³-hybridized carbons (Fsp3) is 0.538. The van der Waals surface area contributed by atoms with E-state index in [0.717, 1.165) is 23.4 Å². The highest BCUT2D eigenvalue weighted by Crippen LogP contribution is 2.24. The Bertz CT molecular complexity index is 330. The number of methoxy groups -OCH3 is 1. The van der Waals surface area contributed by atoms with E-state index >= 15 is 0 Å². The molecule has 2 N–H and O–H groups in total. The Kier molecular flexibility index (Phi) is 7.19. The van der Waals surface area contributed by atoms with Gasteiger partial charge in [0.05, 0.1) is 13.2 Å². The van der Waals surface area contributed by atoms with Crippen molar-refractivity contribution in [3.63, 3.8) is 0 Å². The van der Waals surface area contributed by atoms with Gasteiger partial charge in [0, 0.05) is 13.1 Å². The number of nitrogens with one attached hydrogen (secondary N) is 1. The molecule has 0 saturated carbocycles. The zero-order valence-corrected chi connectivity index (χ0v) is 11.7. The summed E-state index contributed by atoms with van der Waals surface area (Å²) in [6.45, 7) is 7.26. The summed E-state index contributed by atoms with van der Waals surface area (Å²) in [5, 5.41) is 12.3. The molecule has 0 spiro atoms. The van der Waals surface area contributed by atoms with Crippen molar-refractivity contribution in [3.8, 4) is 5.75 Å². The molecule has 1 unspecified atom stereocenters. The summed E-state index contributed by atoms with van der Waals surface area (Å²) in [7, 11) is 1.70. The monoisotopic (exact) mass is 259 g/mol. The quantitative estimate of drug-likeness (QED) is 0.852. The Morgan fingerprint density at radius 2 is 1.82 bits per heavy atom. The van der Waals surface area contributed by atoms with Crippen LogP contribution in [0.2, 0.25) is 0 Å². The van der Waals surface area contributed by atoms with Crippen molar-refractivity contribution in [3.05, 3.63) is 28.8 Å². The van der Waals surface area contributed by atoms with E-state index in [0.29, 0.717) is 6.54 Å². The Balaban J connectivity index is 0.00000256. The van der Waals surface area contributed by atoms with Crippen LogP contribution in [0.3, 0.4) is 0 Å². The maximum Gasteiger partial charge on any atom is 0.124 e. The zero-order chi connectivity index (χ0) is 12.1. The van der Waals surface area contributed by atoms with Crippen molar-refractivity contribution in [1.82, 2.24) is 5.32 Å². The van der Waals surface area contributed by atoms with Crippen LogP contribution in [0, 0.1) is 13.8 Å². The molecule has 1 atom stereocenters. The first kappa shape index (κ1) is 16.2. The fourth-order valence-electron chi connectivity index (χ4n) is 1.89. The van der Waals surface area contributed by atoms with Crippen molar-refractivity contribution in [1.29, 1.82) is 0 Å². The van der Waals surface area contributed by atoms with E-state index in [1.54, 1.807) is 14.0 Å². The predicted octanol–water partition coefficient (Wildman–Crippen LogP) is 2.20. The van der Waals surface area contributed by atoms with Gasteiger partial charge in [-0.25, -0.2) is 0 Å².